The Bertz CT molecular complexity index is 1250. The number of nitrogens with one attached hydrogen (secondary N) is 1. The van der Waals surface area contributed by atoms with Crippen molar-refractivity contribution >= 4 is 28.4 Å². The Morgan fingerprint density at radius 1 is 1.03 bits per heavy atom. The SMILES string of the molecule is O=C(c1cccc(Nc2ncccn2)c1)N1CCOC[C@H](Cc2cnc3ccccc3c2)C1. The number of carbonyl (C=O) groups is 1. The number of hydrogen-bond donors (Lipinski definition) is 1. The lowest BCUT2D eigenvalue weighted by atomic mass is 9.99. The van der Waals surface area contributed by atoms with Crippen molar-refractivity contribution < 1.29 is 9.53 Å². The van der Waals surface area contributed by atoms with E-state index in [1.807, 2.05) is 53.6 Å². The van der Waals surface area contributed by atoms with Gasteiger partial charge in [0.05, 0.1) is 18.7 Å². The summed E-state index contributed by atoms with van der Waals surface area (Å²) in [5.41, 5.74) is 3.55. The van der Waals surface area contributed by atoms with Gasteiger partial charge in [-0.1, -0.05) is 24.3 Å². The summed E-state index contributed by atoms with van der Waals surface area (Å²) < 4.78 is 5.84. The Labute approximate surface area is 192 Å². The highest BCUT2D eigenvalue weighted by molar-refractivity contribution is 5.95. The average Bonchev–Trinajstić information content (AvgIpc) is 3.10. The summed E-state index contributed by atoms with van der Waals surface area (Å²) in [5.74, 6) is 0.701. The van der Waals surface area contributed by atoms with Crippen molar-refractivity contribution in [3.8, 4) is 0 Å². The third-order valence-electron chi connectivity index (χ3n) is 5.73. The van der Waals surface area contributed by atoms with Crippen LogP contribution in [0.1, 0.15) is 15.9 Å². The summed E-state index contributed by atoms with van der Waals surface area (Å²) in [7, 11) is 0. The van der Waals surface area contributed by atoms with Gasteiger partial charge < -0.3 is 15.0 Å². The average molecular weight is 440 g/mol. The summed E-state index contributed by atoms with van der Waals surface area (Å²) in [6, 6.07) is 19.5. The highest BCUT2D eigenvalue weighted by Gasteiger charge is 2.24. The first-order valence-electron chi connectivity index (χ1n) is 11.1. The number of nitrogens with zero attached hydrogens (tertiary/aromatic N) is 4. The molecule has 0 unspecified atom stereocenters. The van der Waals surface area contributed by atoms with Crippen molar-refractivity contribution in [3.63, 3.8) is 0 Å². The molecule has 0 saturated carbocycles. The van der Waals surface area contributed by atoms with Crippen molar-refractivity contribution in [1.82, 2.24) is 19.9 Å². The molecule has 7 heteroatoms. The fourth-order valence-corrected chi connectivity index (χ4v) is 4.16. The van der Waals surface area contributed by atoms with Gasteiger partial charge in [-0.25, -0.2) is 9.97 Å². The molecular formula is C26H25N5O2. The maximum Gasteiger partial charge on any atom is 0.254 e. The van der Waals surface area contributed by atoms with E-state index in [0.29, 0.717) is 37.8 Å². The van der Waals surface area contributed by atoms with Crippen molar-refractivity contribution in [2.75, 3.05) is 31.6 Å². The van der Waals surface area contributed by atoms with Crippen molar-refractivity contribution in [3.05, 3.63) is 90.4 Å². The van der Waals surface area contributed by atoms with E-state index in [9.17, 15) is 4.79 Å². The van der Waals surface area contributed by atoms with Crippen LogP contribution in [0.25, 0.3) is 10.9 Å². The zero-order valence-corrected chi connectivity index (χ0v) is 18.2. The van der Waals surface area contributed by atoms with Gasteiger partial charge in [-0.2, -0.15) is 0 Å². The molecule has 1 aliphatic heterocycles. The highest BCUT2D eigenvalue weighted by atomic mass is 16.5. The molecule has 1 saturated heterocycles. The molecule has 166 valence electrons. The second-order valence-corrected chi connectivity index (χ2v) is 8.21. The zero-order valence-electron chi connectivity index (χ0n) is 18.2. The summed E-state index contributed by atoms with van der Waals surface area (Å²) in [5, 5.41) is 4.27. The fraction of sp³-hybridized carbons (Fsp3) is 0.231. The predicted octanol–water partition coefficient (Wildman–Crippen LogP) is 4.10. The summed E-state index contributed by atoms with van der Waals surface area (Å²) in [4.78, 5) is 28.2. The second kappa shape index (κ2) is 9.75. The molecule has 3 heterocycles. The molecule has 7 nitrogen and oxygen atoms in total. The number of ether oxygens (including phenoxy) is 1. The van der Waals surface area contributed by atoms with Gasteiger partial charge in [0.1, 0.15) is 0 Å². The van der Waals surface area contributed by atoms with E-state index in [0.717, 1.165) is 28.6 Å². The Hall–Kier alpha value is -3.84. The van der Waals surface area contributed by atoms with Gasteiger partial charge in [0.25, 0.3) is 5.91 Å². The van der Waals surface area contributed by atoms with E-state index in [-0.39, 0.29) is 11.8 Å². The zero-order chi connectivity index (χ0) is 22.5. The minimum Gasteiger partial charge on any atom is -0.379 e. The number of benzene rings is 2. The Morgan fingerprint density at radius 3 is 2.82 bits per heavy atom. The van der Waals surface area contributed by atoms with Crippen molar-refractivity contribution in [2.24, 2.45) is 5.92 Å². The number of para-hydroxylation sites is 1. The van der Waals surface area contributed by atoms with Crippen LogP contribution in [0.4, 0.5) is 11.6 Å². The number of hydrogen-bond acceptors (Lipinski definition) is 6. The Morgan fingerprint density at radius 2 is 1.91 bits per heavy atom. The molecule has 2 aromatic carbocycles. The van der Waals surface area contributed by atoms with Crippen LogP contribution >= 0.6 is 0 Å². The monoisotopic (exact) mass is 439 g/mol. The predicted molar refractivity (Wildman–Crippen MR) is 127 cm³/mol. The van der Waals surface area contributed by atoms with Crippen molar-refractivity contribution in [1.29, 1.82) is 0 Å². The Balaban J connectivity index is 1.29. The minimum atomic E-state index is -0.000216. The third kappa shape index (κ3) is 5.15. The fourth-order valence-electron chi connectivity index (χ4n) is 4.16. The number of pyridine rings is 1. The Kier molecular flexibility index (Phi) is 6.21. The smallest absolute Gasteiger partial charge is 0.254 e. The van der Waals surface area contributed by atoms with Crippen molar-refractivity contribution in [2.45, 2.75) is 6.42 Å². The van der Waals surface area contributed by atoms with Crippen LogP contribution < -0.4 is 5.32 Å². The molecule has 4 aromatic rings. The van der Waals surface area contributed by atoms with Gasteiger partial charge in [0.2, 0.25) is 5.95 Å². The molecule has 1 fully saturated rings. The molecule has 0 radical (unpaired) electrons. The molecule has 0 aliphatic carbocycles. The van der Waals surface area contributed by atoms with Gasteiger partial charge >= 0.3 is 0 Å². The highest BCUT2D eigenvalue weighted by Crippen LogP contribution is 2.20. The van der Waals surface area contributed by atoms with Crippen LogP contribution in [0.15, 0.2) is 79.3 Å². The van der Waals surface area contributed by atoms with Crippen LogP contribution in [0.2, 0.25) is 0 Å². The maximum absolute atomic E-state index is 13.3. The molecule has 33 heavy (non-hydrogen) atoms. The molecular weight excluding hydrogens is 414 g/mol. The van der Waals surface area contributed by atoms with Crippen LogP contribution in [0.3, 0.4) is 0 Å². The lowest BCUT2D eigenvalue weighted by Gasteiger charge is -2.24. The van der Waals surface area contributed by atoms with Gasteiger partial charge in [-0.3, -0.25) is 9.78 Å². The number of aromatic nitrogens is 3. The summed E-state index contributed by atoms with van der Waals surface area (Å²) in [6.07, 6.45) is 6.09. The summed E-state index contributed by atoms with van der Waals surface area (Å²) >= 11 is 0. The molecule has 1 aliphatic rings. The lowest BCUT2D eigenvalue weighted by molar-refractivity contribution is 0.0737. The van der Waals surface area contributed by atoms with E-state index >= 15 is 0 Å². The van der Waals surface area contributed by atoms with Gasteiger partial charge in [0, 0.05) is 54.2 Å². The van der Waals surface area contributed by atoms with Gasteiger partial charge in [-0.15, -0.1) is 0 Å². The number of rotatable bonds is 5. The first kappa shape index (κ1) is 21.0. The topological polar surface area (TPSA) is 80.2 Å². The van der Waals surface area contributed by atoms with Crippen LogP contribution in [0.5, 0.6) is 0 Å². The second-order valence-electron chi connectivity index (χ2n) is 8.21. The number of anilines is 2. The van der Waals surface area contributed by atoms with E-state index in [2.05, 4.69) is 32.4 Å². The molecule has 2 aromatic heterocycles. The number of fused-ring (bicyclic) bond motifs is 1. The van der Waals surface area contributed by atoms with E-state index in [4.69, 9.17) is 4.74 Å². The van der Waals surface area contributed by atoms with Crippen LogP contribution in [0, 0.1) is 5.92 Å². The lowest BCUT2D eigenvalue weighted by Crippen LogP contribution is -2.36. The van der Waals surface area contributed by atoms with E-state index < -0.39 is 0 Å². The maximum atomic E-state index is 13.3. The molecule has 0 spiro atoms. The largest absolute Gasteiger partial charge is 0.379 e. The van der Waals surface area contributed by atoms with Gasteiger partial charge in [0.15, 0.2) is 0 Å². The number of amides is 1. The van der Waals surface area contributed by atoms with Gasteiger partial charge in [-0.05, 0) is 48.4 Å². The standard InChI is InChI=1S/C26H25N5O2/c32-25(22-6-3-7-23(15-22)30-26-27-9-4-10-28-26)31-11-12-33-18-20(17-31)13-19-14-21-5-1-2-8-24(21)29-16-19/h1-10,14-16,20H,11-13,17-18H2,(H,27,28,30)/t20-/m1/s1. The van der Waals surface area contributed by atoms with E-state index in [1.54, 1.807) is 18.5 Å². The summed E-state index contributed by atoms with van der Waals surface area (Å²) in [6.45, 7) is 2.38. The molecule has 1 N–H and O–H groups in total. The molecule has 1 atom stereocenters. The normalized spacial score (nSPS) is 16.4. The first-order valence-corrected chi connectivity index (χ1v) is 11.1. The number of carbonyl (C=O) groups excluding carboxylic acids is 1. The third-order valence-corrected chi connectivity index (χ3v) is 5.73. The quantitative estimate of drug-likeness (QED) is 0.504. The van der Waals surface area contributed by atoms with E-state index in [1.165, 1.54) is 0 Å². The minimum absolute atomic E-state index is 0.000216. The first-order chi connectivity index (χ1) is 16.2. The molecule has 0 bridgehead atoms. The molecule has 5 rings (SSSR count). The van der Waals surface area contributed by atoms with Crippen LogP contribution in [-0.2, 0) is 11.2 Å². The van der Waals surface area contributed by atoms with Crippen LogP contribution in [-0.4, -0.2) is 52.1 Å². The molecule has 1 amide bonds.